The molecule has 0 unspecified atom stereocenters. The number of carbonyl (C=O) groups is 5. The fourth-order valence-corrected chi connectivity index (χ4v) is 7.77. The van der Waals surface area contributed by atoms with Crippen LogP contribution in [0.2, 0.25) is 0 Å². The molecule has 0 spiro atoms. The van der Waals surface area contributed by atoms with Crippen LogP contribution in [0.5, 0.6) is 5.75 Å². The maximum absolute atomic E-state index is 13.6. The fraction of sp³-hybridized carbons (Fsp3) is 0.583. The topological polar surface area (TPSA) is 257 Å². The second-order valence-electron chi connectivity index (χ2n) is 15.3. The van der Waals surface area contributed by atoms with Crippen molar-refractivity contribution >= 4 is 41.0 Å². The van der Waals surface area contributed by atoms with Crippen LogP contribution in [-0.4, -0.2) is 125 Å². The van der Waals surface area contributed by atoms with Gasteiger partial charge >= 0.3 is 11.9 Å². The highest BCUT2D eigenvalue weighted by molar-refractivity contribution is 6.05. The van der Waals surface area contributed by atoms with E-state index in [0.29, 0.717) is 11.3 Å². The van der Waals surface area contributed by atoms with Crippen molar-refractivity contribution in [2.75, 3.05) is 52.1 Å². The largest absolute Gasteiger partial charge is 0.494 e. The first kappa shape index (κ1) is 42.3. The summed E-state index contributed by atoms with van der Waals surface area (Å²) < 4.78 is 16.7. The summed E-state index contributed by atoms with van der Waals surface area (Å²) in [4.78, 5) is 67.1. The van der Waals surface area contributed by atoms with Gasteiger partial charge in [-0.1, -0.05) is 0 Å². The molecule has 54 heavy (non-hydrogen) atoms. The van der Waals surface area contributed by atoms with Crippen LogP contribution in [0.3, 0.4) is 0 Å². The third-order valence-corrected chi connectivity index (χ3v) is 9.70. The Bertz CT molecular complexity index is 1820. The Labute approximate surface area is 312 Å². The number of hydrogen-bond donors (Lipinski definition) is 8. The molecule has 0 saturated carbocycles. The van der Waals surface area contributed by atoms with Crippen LogP contribution in [0.25, 0.3) is 0 Å². The number of hydrogen-bond acceptors (Lipinski definition) is 16. The summed E-state index contributed by atoms with van der Waals surface area (Å²) in [6, 6.07) is 0.252. The summed E-state index contributed by atoms with van der Waals surface area (Å²) in [5.74, 6) is -16.4. The van der Waals surface area contributed by atoms with Gasteiger partial charge in [0.1, 0.15) is 11.3 Å². The number of ether oxygens (including phenoxy) is 3. The van der Waals surface area contributed by atoms with Crippen molar-refractivity contribution in [1.82, 2.24) is 15.5 Å². The molecule has 0 heterocycles. The minimum Gasteiger partial charge on any atom is -0.494 e. The van der Waals surface area contributed by atoms with E-state index in [1.165, 1.54) is 26.1 Å². The second-order valence-corrected chi connectivity index (χ2v) is 15.3. The summed E-state index contributed by atoms with van der Waals surface area (Å²) in [5.41, 5.74) is -4.92. The number of rotatable bonds is 9. The maximum atomic E-state index is 13.6. The van der Waals surface area contributed by atoms with E-state index in [-0.39, 0.29) is 36.4 Å². The zero-order valence-electron chi connectivity index (χ0n) is 32.3. The first-order valence-electron chi connectivity index (χ1n) is 17.2. The molecule has 4 rings (SSSR count). The molecule has 0 fully saturated rings. The first-order chi connectivity index (χ1) is 24.7. The molecule has 0 aliphatic heterocycles. The van der Waals surface area contributed by atoms with Gasteiger partial charge in [-0.3, -0.25) is 34.2 Å². The minimum absolute atomic E-state index is 0.0368. The maximum Gasteiger partial charge on any atom is 0.307 e. The van der Waals surface area contributed by atoms with Crippen molar-refractivity contribution in [3.63, 3.8) is 0 Å². The van der Waals surface area contributed by atoms with Crippen molar-refractivity contribution in [1.29, 1.82) is 0 Å². The standard InChI is InChI=1S/C36H51N5O13/c1-16(42)38-32(46)27-30(53-17(2)43)28(41(9)10)21-13-19-12-20-23(40(7)8)14-22(39-24(45)15-37-33(4,5)6)29(52-11)26(20)35(48,49)25(19)31(54-18(3)44)34(21,47)36(27,50)51/h14,19,21,28,37,47-51H,12-13,15H2,1-11H3,(H,39,45)(H,38,42,46)/t19-,21-,28-,34-/m0/s1. The highest BCUT2D eigenvalue weighted by Gasteiger charge is 2.72. The lowest BCUT2D eigenvalue weighted by Crippen LogP contribution is -2.72. The summed E-state index contributed by atoms with van der Waals surface area (Å²) >= 11 is 0. The van der Waals surface area contributed by atoms with E-state index in [9.17, 15) is 49.5 Å². The summed E-state index contributed by atoms with van der Waals surface area (Å²) in [6.45, 7) is 8.38. The van der Waals surface area contributed by atoms with Gasteiger partial charge in [0.05, 0.1) is 30.9 Å². The molecule has 0 radical (unpaired) electrons. The predicted molar refractivity (Wildman–Crippen MR) is 191 cm³/mol. The van der Waals surface area contributed by atoms with E-state index in [1.54, 1.807) is 25.1 Å². The molecule has 3 amide bonds. The van der Waals surface area contributed by atoms with Crippen LogP contribution in [-0.2, 0) is 45.7 Å². The van der Waals surface area contributed by atoms with Gasteiger partial charge in [-0.15, -0.1) is 0 Å². The Morgan fingerprint density at radius 2 is 1.54 bits per heavy atom. The van der Waals surface area contributed by atoms with Crippen molar-refractivity contribution in [2.45, 2.75) is 83.1 Å². The highest BCUT2D eigenvalue weighted by atomic mass is 16.6. The SMILES string of the molecule is COc1c(NC(=O)CNC(C)(C)C)cc(N(C)C)c2c1C(O)(O)C1=C(OC(C)=O)[C@@]3(O)[C@@H](C[C@@H]1C2)[C@H](N(C)C)C(OC(C)=O)=C(C(=O)NC(C)=O)C3(O)O. The fourth-order valence-electron chi connectivity index (χ4n) is 7.77. The molecule has 4 atom stereocenters. The van der Waals surface area contributed by atoms with Gasteiger partial charge in [0.25, 0.3) is 5.91 Å². The van der Waals surface area contributed by atoms with Crippen molar-refractivity contribution < 1.29 is 63.7 Å². The molecule has 298 valence electrons. The Morgan fingerprint density at radius 3 is 2.02 bits per heavy atom. The van der Waals surface area contributed by atoms with Crippen molar-refractivity contribution in [3.8, 4) is 5.75 Å². The van der Waals surface area contributed by atoms with Gasteiger partial charge in [-0.05, 0) is 65.3 Å². The zero-order chi connectivity index (χ0) is 41.0. The van der Waals surface area contributed by atoms with Crippen LogP contribution in [0, 0.1) is 11.8 Å². The second kappa shape index (κ2) is 14.7. The van der Waals surface area contributed by atoms with Crippen molar-refractivity contribution in [2.24, 2.45) is 11.8 Å². The number of fused-ring (bicyclic) bond motifs is 3. The van der Waals surface area contributed by atoms with Gasteiger partial charge in [0.2, 0.25) is 23.4 Å². The third kappa shape index (κ3) is 7.34. The quantitative estimate of drug-likeness (QED) is 0.112. The molecule has 18 nitrogen and oxygen atoms in total. The van der Waals surface area contributed by atoms with Gasteiger partial charge in [-0.2, -0.15) is 0 Å². The lowest BCUT2D eigenvalue weighted by Gasteiger charge is -2.58. The monoisotopic (exact) mass is 761 g/mol. The van der Waals surface area contributed by atoms with E-state index in [4.69, 9.17) is 14.2 Å². The number of anilines is 2. The Balaban J connectivity index is 2.12. The van der Waals surface area contributed by atoms with Crippen LogP contribution >= 0.6 is 0 Å². The van der Waals surface area contributed by atoms with E-state index in [2.05, 4.69) is 10.6 Å². The number of benzene rings is 1. The number of methoxy groups -OCH3 is 1. The van der Waals surface area contributed by atoms with Gasteiger partial charge < -0.3 is 55.3 Å². The smallest absolute Gasteiger partial charge is 0.307 e. The molecule has 0 aromatic heterocycles. The highest BCUT2D eigenvalue weighted by Crippen LogP contribution is 2.61. The number of nitrogens with one attached hydrogen (secondary N) is 3. The number of aliphatic hydroxyl groups is 5. The van der Waals surface area contributed by atoms with Crippen LogP contribution in [0.15, 0.2) is 28.7 Å². The molecule has 0 bridgehead atoms. The average molecular weight is 762 g/mol. The normalized spacial score (nSPS) is 24.1. The lowest BCUT2D eigenvalue weighted by atomic mass is 9.56. The van der Waals surface area contributed by atoms with E-state index in [0.717, 1.165) is 20.8 Å². The number of nitrogens with zero attached hydrogens (tertiary/aromatic N) is 2. The van der Waals surface area contributed by atoms with Gasteiger partial charge in [0.15, 0.2) is 17.1 Å². The molecular formula is C36H51N5O13. The molecule has 1 aromatic carbocycles. The third-order valence-electron chi connectivity index (χ3n) is 9.70. The molecule has 3 aliphatic carbocycles. The predicted octanol–water partition coefficient (Wildman–Crippen LogP) is -0.930. The number of esters is 2. The molecule has 1 aromatic rings. The number of imide groups is 1. The first-order valence-corrected chi connectivity index (χ1v) is 17.2. The summed E-state index contributed by atoms with van der Waals surface area (Å²) in [7, 11) is 7.60. The lowest BCUT2D eigenvalue weighted by molar-refractivity contribution is -0.287. The molecule has 8 N–H and O–H groups in total. The summed E-state index contributed by atoms with van der Waals surface area (Å²) in [5, 5.41) is 69.4. The molecular weight excluding hydrogens is 710 g/mol. The number of amides is 3. The zero-order valence-corrected chi connectivity index (χ0v) is 32.3. The number of carbonyl (C=O) groups excluding carboxylic acids is 5. The Morgan fingerprint density at radius 1 is 0.944 bits per heavy atom. The van der Waals surface area contributed by atoms with Gasteiger partial charge in [0, 0.05) is 57.6 Å². The minimum atomic E-state index is -3.82. The van der Waals surface area contributed by atoms with Crippen LogP contribution < -0.4 is 25.6 Å². The number of likely N-dealkylation sites (N-methyl/N-ethyl adjacent to an activating group) is 1. The van der Waals surface area contributed by atoms with Crippen molar-refractivity contribution in [3.05, 3.63) is 39.9 Å². The van der Waals surface area contributed by atoms with Crippen LogP contribution in [0.1, 0.15) is 59.1 Å². The van der Waals surface area contributed by atoms with E-state index in [1.807, 2.05) is 26.1 Å². The Hall–Kier alpha value is -4.43. The summed E-state index contributed by atoms with van der Waals surface area (Å²) in [6.07, 6.45) is -0.341. The molecule has 18 heteroatoms. The van der Waals surface area contributed by atoms with Gasteiger partial charge in [-0.25, -0.2) is 0 Å². The van der Waals surface area contributed by atoms with E-state index >= 15 is 0 Å². The molecule has 0 saturated heterocycles. The molecule has 3 aliphatic rings. The van der Waals surface area contributed by atoms with Crippen LogP contribution in [0.4, 0.5) is 11.4 Å². The Kier molecular flexibility index (Phi) is 11.5. The van der Waals surface area contributed by atoms with E-state index < -0.39 is 92.9 Å². The average Bonchev–Trinajstić information content (AvgIpc) is 2.99.